The highest BCUT2D eigenvalue weighted by atomic mass is 35.5. The number of benzene rings is 1. The number of anilines is 1. The number of halogens is 1. The first-order valence-electron chi connectivity index (χ1n) is 7.94. The number of fused-ring (bicyclic) bond motifs is 1. The molecule has 0 saturated heterocycles. The summed E-state index contributed by atoms with van der Waals surface area (Å²) in [5.41, 5.74) is 3.61. The molecule has 1 aromatic carbocycles. The van der Waals surface area contributed by atoms with Crippen molar-refractivity contribution in [2.45, 2.75) is 25.7 Å². The Morgan fingerprint density at radius 1 is 1.17 bits per heavy atom. The van der Waals surface area contributed by atoms with E-state index in [9.17, 15) is 0 Å². The van der Waals surface area contributed by atoms with E-state index in [1.807, 2.05) is 28.9 Å². The maximum absolute atomic E-state index is 6.02. The first kappa shape index (κ1) is 14.8. The minimum absolute atomic E-state index is 0.749. The van der Waals surface area contributed by atoms with Crippen LogP contribution in [0.5, 0.6) is 0 Å². The summed E-state index contributed by atoms with van der Waals surface area (Å²) < 4.78 is 2.04. The first-order chi connectivity index (χ1) is 11.3. The van der Waals surface area contributed by atoms with Crippen LogP contribution in [0.2, 0.25) is 5.02 Å². The molecule has 0 saturated carbocycles. The number of nitrogens with zero attached hydrogens (tertiary/aromatic N) is 2. The third-order valence-corrected chi connectivity index (χ3v) is 5.33. The average molecular weight is 344 g/mol. The van der Waals surface area contributed by atoms with Crippen molar-refractivity contribution in [2.75, 3.05) is 11.9 Å². The predicted molar refractivity (Wildman–Crippen MR) is 97.1 cm³/mol. The number of nitrogens with one attached hydrogen (secondary N) is 1. The number of hydrogen-bond acceptors (Lipinski definition) is 3. The van der Waals surface area contributed by atoms with Crippen LogP contribution in [0, 0.1) is 0 Å². The first-order valence-corrected chi connectivity index (χ1v) is 9.20. The van der Waals surface area contributed by atoms with E-state index < -0.39 is 0 Å². The highest BCUT2D eigenvalue weighted by Crippen LogP contribution is 2.30. The average Bonchev–Trinajstić information content (AvgIpc) is 3.11. The molecule has 118 valence electrons. The molecule has 1 aliphatic rings. The zero-order valence-corrected chi connectivity index (χ0v) is 14.3. The summed E-state index contributed by atoms with van der Waals surface area (Å²) in [6.45, 7) is 1.00. The van der Waals surface area contributed by atoms with Gasteiger partial charge in [-0.2, -0.15) is 5.10 Å². The number of rotatable bonds is 3. The molecule has 0 bridgehead atoms. The van der Waals surface area contributed by atoms with Gasteiger partial charge >= 0.3 is 0 Å². The van der Waals surface area contributed by atoms with Crippen molar-refractivity contribution in [3.8, 4) is 5.69 Å². The van der Waals surface area contributed by atoms with Crippen LogP contribution in [0.3, 0.4) is 0 Å². The van der Waals surface area contributed by atoms with Crippen molar-refractivity contribution in [2.24, 2.45) is 0 Å². The van der Waals surface area contributed by atoms with Crippen molar-refractivity contribution in [3.63, 3.8) is 0 Å². The van der Waals surface area contributed by atoms with Gasteiger partial charge in [0.1, 0.15) is 5.82 Å². The molecule has 1 N–H and O–H groups in total. The quantitative estimate of drug-likeness (QED) is 0.731. The fourth-order valence-corrected chi connectivity index (χ4v) is 3.90. The van der Waals surface area contributed by atoms with Gasteiger partial charge in [0.2, 0.25) is 0 Å². The van der Waals surface area contributed by atoms with Crippen molar-refractivity contribution in [1.82, 2.24) is 9.78 Å². The Bertz CT molecular complexity index is 791. The topological polar surface area (TPSA) is 29.9 Å². The number of aromatic nitrogens is 2. The van der Waals surface area contributed by atoms with E-state index in [0.29, 0.717) is 0 Å². The van der Waals surface area contributed by atoms with Gasteiger partial charge in [0, 0.05) is 28.4 Å². The second kappa shape index (κ2) is 6.38. The Labute approximate surface area is 144 Å². The number of thiophene rings is 1. The minimum atomic E-state index is 0.749. The molecule has 3 aromatic rings. The molecule has 0 radical (unpaired) electrons. The largest absolute Gasteiger partial charge is 0.370 e. The Morgan fingerprint density at radius 2 is 2.04 bits per heavy atom. The lowest BCUT2D eigenvalue weighted by atomic mass is 10.1. The van der Waals surface area contributed by atoms with Crippen LogP contribution >= 0.6 is 22.9 Å². The fourth-order valence-electron chi connectivity index (χ4n) is 3.06. The van der Waals surface area contributed by atoms with Gasteiger partial charge in [-0.05, 0) is 55.0 Å². The lowest BCUT2D eigenvalue weighted by molar-refractivity contribution is 0.768. The molecule has 4 rings (SSSR count). The summed E-state index contributed by atoms with van der Waals surface area (Å²) in [4.78, 5) is 1.36. The van der Waals surface area contributed by atoms with Crippen LogP contribution in [-0.4, -0.2) is 16.3 Å². The highest BCUT2D eigenvalue weighted by Gasteiger charge is 2.20. The standard InChI is InChI=1S/C18H18ClN3S/c19-13-6-8-14(9-7-13)22-18-16(5-1-2-10-20-18)17(21-22)12-15-4-3-11-23-15/h3-4,6-9,11,20H,1-2,5,10,12H2. The van der Waals surface area contributed by atoms with E-state index >= 15 is 0 Å². The molecule has 0 spiro atoms. The van der Waals surface area contributed by atoms with Crippen LogP contribution < -0.4 is 5.32 Å². The Balaban J connectivity index is 1.79. The van der Waals surface area contributed by atoms with Gasteiger partial charge < -0.3 is 5.32 Å². The van der Waals surface area contributed by atoms with E-state index in [1.165, 1.54) is 29.0 Å². The van der Waals surface area contributed by atoms with Crippen molar-refractivity contribution >= 4 is 28.8 Å². The van der Waals surface area contributed by atoms with Crippen LogP contribution in [0.15, 0.2) is 41.8 Å². The smallest absolute Gasteiger partial charge is 0.133 e. The van der Waals surface area contributed by atoms with Gasteiger partial charge in [0.25, 0.3) is 0 Å². The van der Waals surface area contributed by atoms with Crippen molar-refractivity contribution < 1.29 is 0 Å². The van der Waals surface area contributed by atoms with Gasteiger partial charge in [-0.3, -0.25) is 0 Å². The van der Waals surface area contributed by atoms with E-state index in [-0.39, 0.29) is 0 Å². The third kappa shape index (κ3) is 3.01. The second-order valence-electron chi connectivity index (χ2n) is 5.80. The van der Waals surface area contributed by atoms with Crippen molar-refractivity contribution in [1.29, 1.82) is 0 Å². The summed E-state index contributed by atoms with van der Waals surface area (Å²) in [7, 11) is 0. The Morgan fingerprint density at radius 3 is 2.83 bits per heavy atom. The van der Waals surface area contributed by atoms with Crippen LogP contribution in [0.1, 0.15) is 29.0 Å². The SMILES string of the molecule is Clc1ccc(-n2nc(Cc3cccs3)c3c2NCCCC3)cc1. The van der Waals surface area contributed by atoms with E-state index in [0.717, 1.165) is 35.9 Å². The molecule has 3 nitrogen and oxygen atoms in total. The van der Waals surface area contributed by atoms with Gasteiger partial charge in [0.15, 0.2) is 0 Å². The second-order valence-corrected chi connectivity index (χ2v) is 7.27. The molecular formula is C18H18ClN3S. The Hall–Kier alpha value is -1.78. The lowest BCUT2D eigenvalue weighted by Crippen LogP contribution is -2.07. The molecule has 1 aliphatic heterocycles. The molecule has 0 aliphatic carbocycles. The zero-order valence-electron chi connectivity index (χ0n) is 12.8. The van der Waals surface area contributed by atoms with E-state index in [1.54, 1.807) is 11.3 Å². The maximum atomic E-state index is 6.02. The molecule has 0 fully saturated rings. The van der Waals surface area contributed by atoms with Gasteiger partial charge in [-0.25, -0.2) is 4.68 Å². The molecule has 2 aromatic heterocycles. The van der Waals surface area contributed by atoms with Crippen LogP contribution in [0.25, 0.3) is 5.69 Å². The monoisotopic (exact) mass is 343 g/mol. The maximum Gasteiger partial charge on any atom is 0.133 e. The van der Waals surface area contributed by atoms with E-state index in [2.05, 4.69) is 22.8 Å². The Kier molecular flexibility index (Phi) is 4.10. The van der Waals surface area contributed by atoms with Gasteiger partial charge in [-0.15, -0.1) is 11.3 Å². The minimum Gasteiger partial charge on any atom is -0.370 e. The summed E-state index contributed by atoms with van der Waals surface area (Å²) >= 11 is 7.82. The molecule has 0 atom stereocenters. The van der Waals surface area contributed by atoms with Gasteiger partial charge in [-0.1, -0.05) is 17.7 Å². The van der Waals surface area contributed by atoms with Crippen molar-refractivity contribution in [3.05, 3.63) is 62.9 Å². The molecule has 3 heterocycles. The normalized spacial score (nSPS) is 14.1. The molecule has 5 heteroatoms. The van der Waals surface area contributed by atoms with Crippen LogP contribution in [-0.2, 0) is 12.8 Å². The predicted octanol–water partition coefficient (Wildman–Crippen LogP) is 4.93. The number of hydrogen-bond donors (Lipinski definition) is 1. The molecular weight excluding hydrogens is 326 g/mol. The van der Waals surface area contributed by atoms with Crippen LogP contribution in [0.4, 0.5) is 5.82 Å². The summed E-state index contributed by atoms with van der Waals surface area (Å²) in [6, 6.07) is 12.2. The molecule has 0 amide bonds. The summed E-state index contributed by atoms with van der Waals surface area (Å²) in [5, 5.41) is 11.4. The zero-order chi connectivity index (χ0) is 15.6. The lowest BCUT2D eigenvalue weighted by Gasteiger charge is -2.09. The highest BCUT2D eigenvalue weighted by molar-refractivity contribution is 7.09. The molecule has 23 heavy (non-hydrogen) atoms. The fraction of sp³-hybridized carbons (Fsp3) is 0.278. The summed E-state index contributed by atoms with van der Waals surface area (Å²) in [6.07, 6.45) is 4.41. The third-order valence-electron chi connectivity index (χ3n) is 4.21. The summed E-state index contributed by atoms with van der Waals surface area (Å²) in [5.74, 6) is 1.15. The van der Waals surface area contributed by atoms with E-state index in [4.69, 9.17) is 16.7 Å². The molecule has 0 unspecified atom stereocenters. The van der Waals surface area contributed by atoms with Gasteiger partial charge in [0.05, 0.1) is 11.4 Å².